The summed E-state index contributed by atoms with van der Waals surface area (Å²) >= 11 is 9.32. The zero-order chi connectivity index (χ0) is 15.6. The van der Waals surface area contributed by atoms with Gasteiger partial charge in [-0.1, -0.05) is 17.7 Å². The molecule has 0 aromatic heterocycles. The summed E-state index contributed by atoms with van der Waals surface area (Å²) in [7, 11) is 0. The number of rotatable bonds is 3. The van der Waals surface area contributed by atoms with Crippen molar-refractivity contribution in [2.45, 2.75) is 12.5 Å². The summed E-state index contributed by atoms with van der Waals surface area (Å²) in [6, 6.07) is 3.86. The van der Waals surface area contributed by atoms with Gasteiger partial charge >= 0.3 is 5.97 Å². The number of benzene rings is 1. The summed E-state index contributed by atoms with van der Waals surface area (Å²) in [6.45, 7) is 0.525. The number of hydrogen-bond donors (Lipinski definition) is 2. The molecule has 2 rings (SSSR count). The van der Waals surface area contributed by atoms with Gasteiger partial charge in [0, 0.05) is 17.6 Å². The van der Waals surface area contributed by atoms with E-state index in [1.54, 1.807) is 18.2 Å². The van der Waals surface area contributed by atoms with Crippen molar-refractivity contribution in [3.8, 4) is 0 Å². The Morgan fingerprint density at radius 2 is 2.19 bits per heavy atom. The number of amides is 2. The number of piperazine rings is 1. The SMILES string of the molecule is O=C(O)CC1C(=O)NCCN1C(=O)c1cccc(Br)c1Cl. The molecular formula is C13H12BrClN2O4. The van der Waals surface area contributed by atoms with Crippen molar-refractivity contribution in [3.63, 3.8) is 0 Å². The Balaban J connectivity index is 2.32. The molecule has 1 aliphatic heterocycles. The fourth-order valence-electron chi connectivity index (χ4n) is 2.15. The minimum absolute atomic E-state index is 0.233. The van der Waals surface area contributed by atoms with Crippen molar-refractivity contribution >= 4 is 45.3 Å². The van der Waals surface area contributed by atoms with E-state index in [4.69, 9.17) is 16.7 Å². The van der Waals surface area contributed by atoms with Gasteiger partial charge in [0.2, 0.25) is 5.91 Å². The van der Waals surface area contributed by atoms with Gasteiger partial charge in [0.05, 0.1) is 17.0 Å². The molecule has 1 unspecified atom stereocenters. The Kier molecular flexibility index (Phi) is 4.84. The highest BCUT2D eigenvalue weighted by atomic mass is 79.9. The molecule has 1 aliphatic rings. The zero-order valence-electron chi connectivity index (χ0n) is 10.8. The molecule has 2 amide bonds. The number of carboxylic acids is 1. The van der Waals surface area contributed by atoms with Gasteiger partial charge in [-0.15, -0.1) is 0 Å². The third kappa shape index (κ3) is 3.36. The van der Waals surface area contributed by atoms with Crippen LogP contribution in [-0.4, -0.2) is 46.9 Å². The fraction of sp³-hybridized carbons (Fsp3) is 0.308. The molecule has 0 spiro atoms. The van der Waals surface area contributed by atoms with Gasteiger partial charge in [-0.2, -0.15) is 0 Å². The highest BCUT2D eigenvalue weighted by molar-refractivity contribution is 9.10. The summed E-state index contributed by atoms with van der Waals surface area (Å²) in [6.07, 6.45) is -0.441. The standard InChI is InChI=1S/C13H12BrClN2O4/c14-8-3-1-2-7(11(8)15)13(21)17-5-4-16-12(20)9(17)6-10(18)19/h1-3,9H,4-6H2,(H,16,20)(H,18,19). The van der Waals surface area contributed by atoms with E-state index in [-0.39, 0.29) is 23.7 Å². The molecule has 6 nitrogen and oxygen atoms in total. The molecule has 1 aromatic carbocycles. The van der Waals surface area contributed by atoms with Crippen LogP contribution in [0, 0.1) is 0 Å². The summed E-state index contributed by atoms with van der Waals surface area (Å²) in [5, 5.41) is 11.7. The normalized spacial score (nSPS) is 18.3. The maximum atomic E-state index is 12.6. The van der Waals surface area contributed by atoms with Crippen molar-refractivity contribution < 1.29 is 19.5 Å². The first-order chi connectivity index (χ1) is 9.91. The van der Waals surface area contributed by atoms with Gasteiger partial charge in [-0.25, -0.2) is 0 Å². The lowest BCUT2D eigenvalue weighted by atomic mass is 10.1. The molecule has 0 radical (unpaired) electrons. The van der Waals surface area contributed by atoms with Gasteiger partial charge < -0.3 is 15.3 Å². The van der Waals surface area contributed by atoms with Crippen LogP contribution in [0.2, 0.25) is 5.02 Å². The highest BCUT2D eigenvalue weighted by Crippen LogP contribution is 2.28. The van der Waals surface area contributed by atoms with E-state index < -0.39 is 30.2 Å². The third-order valence-corrected chi connectivity index (χ3v) is 4.44. The largest absolute Gasteiger partial charge is 0.481 e. The maximum Gasteiger partial charge on any atom is 0.305 e. The first-order valence-electron chi connectivity index (χ1n) is 6.16. The molecule has 0 bridgehead atoms. The van der Waals surface area contributed by atoms with Crippen molar-refractivity contribution in [2.24, 2.45) is 0 Å². The number of carbonyl (C=O) groups excluding carboxylic acids is 2. The van der Waals surface area contributed by atoms with Crippen LogP contribution in [0.5, 0.6) is 0 Å². The van der Waals surface area contributed by atoms with Crippen molar-refractivity contribution in [3.05, 3.63) is 33.3 Å². The zero-order valence-corrected chi connectivity index (χ0v) is 13.1. The minimum Gasteiger partial charge on any atom is -0.481 e. The molecule has 0 aliphatic carbocycles. The Morgan fingerprint density at radius 1 is 1.48 bits per heavy atom. The van der Waals surface area contributed by atoms with Gasteiger partial charge in [0.1, 0.15) is 6.04 Å². The number of halogens is 2. The average molecular weight is 376 g/mol. The summed E-state index contributed by atoms with van der Waals surface area (Å²) < 4.78 is 0.561. The predicted molar refractivity (Wildman–Crippen MR) is 79.2 cm³/mol. The van der Waals surface area contributed by atoms with Gasteiger partial charge in [0.25, 0.3) is 5.91 Å². The fourth-order valence-corrected chi connectivity index (χ4v) is 2.72. The second kappa shape index (κ2) is 6.44. The number of nitrogens with one attached hydrogen (secondary N) is 1. The number of carboxylic acid groups (broad SMARTS) is 1. The number of carbonyl (C=O) groups is 3. The minimum atomic E-state index is -1.14. The predicted octanol–water partition coefficient (Wildman–Crippen LogP) is 1.52. The lowest BCUT2D eigenvalue weighted by Crippen LogP contribution is -2.57. The summed E-state index contributed by atoms with van der Waals surface area (Å²) in [4.78, 5) is 36.5. The smallest absolute Gasteiger partial charge is 0.305 e. The van der Waals surface area contributed by atoms with E-state index >= 15 is 0 Å². The van der Waals surface area contributed by atoms with E-state index in [0.717, 1.165) is 0 Å². The molecule has 112 valence electrons. The molecule has 1 aromatic rings. The molecule has 1 heterocycles. The van der Waals surface area contributed by atoms with Crippen LogP contribution in [0.1, 0.15) is 16.8 Å². The third-order valence-electron chi connectivity index (χ3n) is 3.14. The van der Waals surface area contributed by atoms with Gasteiger partial charge in [-0.05, 0) is 28.1 Å². The second-order valence-electron chi connectivity index (χ2n) is 4.50. The molecule has 0 saturated carbocycles. The highest BCUT2D eigenvalue weighted by Gasteiger charge is 2.35. The van der Waals surface area contributed by atoms with E-state index in [9.17, 15) is 14.4 Å². The van der Waals surface area contributed by atoms with Crippen LogP contribution in [0.3, 0.4) is 0 Å². The van der Waals surface area contributed by atoms with E-state index in [0.29, 0.717) is 4.47 Å². The first kappa shape index (κ1) is 15.8. The number of nitrogens with zero attached hydrogens (tertiary/aromatic N) is 1. The van der Waals surface area contributed by atoms with Crippen LogP contribution >= 0.6 is 27.5 Å². The van der Waals surface area contributed by atoms with E-state index in [1.165, 1.54) is 4.90 Å². The Morgan fingerprint density at radius 3 is 2.86 bits per heavy atom. The lowest BCUT2D eigenvalue weighted by Gasteiger charge is -2.34. The van der Waals surface area contributed by atoms with Crippen LogP contribution in [0.25, 0.3) is 0 Å². The van der Waals surface area contributed by atoms with Gasteiger partial charge in [-0.3, -0.25) is 14.4 Å². The lowest BCUT2D eigenvalue weighted by molar-refractivity contribution is -0.142. The van der Waals surface area contributed by atoms with Gasteiger partial charge in [0.15, 0.2) is 0 Å². The van der Waals surface area contributed by atoms with E-state index in [2.05, 4.69) is 21.2 Å². The quantitative estimate of drug-likeness (QED) is 0.838. The molecule has 1 fully saturated rings. The molecule has 2 N–H and O–H groups in total. The first-order valence-corrected chi connectivity index (χ1v) is 7.33. The number of hydrogen-bond acceptors (Lipinski definition) is 3. The van der Waals surface area contributed by atoms with E-state index in [1.807, 2.05) is 0 Å². The Hall–Kier alpha value is -1.60. The summed E-state index contributed by atoms with van der Waals surface area (Å²) in [5.41, 5.74) is 0.233. The van der Waals surface area contributed by atoms with Crippen LogP contribution in [-0.2, 0) is 9.59 Å². The molecule has 1 saturated heterocycles. The molecule has 1 atom stereocenters. The van der Waals surface area contributed by atoms with Crippen molar-refractivity contribution in [2.75, 3.05) is 13.1 Å². The molecular weight excluding hydrogens is 364 g/mol. The van der Waals surface area contributed by atoms with Crippen LogP contribution < -0.4 is 5.32 Å². The monoisotopic (exact) mass is 374 g/mol. The molecule has 8 heteroatoms. The maximum absolute atomic E-state index is 12.6. The molecule has 21 heavy (non-hydrogen) atoms. The second-order valence-corrected chi connectivity index (χ2v) is 5.74. The van der Waals surface area contributed by atoms with Crippen molar-refractivity contribution in [1.82, 2.24) is 10.2 Å². The van der Waals surface area contributed by atoms with Crippen molar-refractivity contribution in [1.29, 1.82) is 0 Å². The topological polar surface area (TPSA) is 86.7 Å². The van der Waals surface area contributed by atoms with Crippen LogP contribution in [0.4, 0.5) is 0 Å². The Labute approximate surface area is 134 Å². The number of aliphatic carboxylic acids is 1. The summed E-state index contributed by atoms with van der Waals surface area (Å²) in [5.74, 6) is -2.07. The van der Waals surface area contributed by atoms with Crippen LogP contribution in [0.15, 0.2) is 22.7 Å². The average Bonchev–Trinajstić information content (AvgIpc) is 2.43. The Bertz CT molecular complexity index is 608.